The van der Waals surface area contributed by atoms with Crippen LogP contribution in [0.25, 0.3) is 11.0 Å². The zero-order valence-electron chi connectivity index (χ0n) is 16.9. The zero-order valence-corrected chi connectivity index (χ0v) is 16.9. The second-order valence-corrected chi connectivity index (χ2v) is 7.26. The summed E-state index contributed by atoms with van der Waals surface area (Å²) in [7, 11) is 0. The van der Waals surface area contributed by atoms with Crippen LogP contribution in [0.1, 0.15) is 32.6 Å². The number of alkyl halides is 2. The lowest BCUT2D eigenvalue weighted by atomic mass is 9.87. The Hall–Kier alpha value is -3.04. The number of hydrogen-bond acceptors (Lipinski definition) is 7. The molecule has 3 rings (SSSR count). The Bertz CT molecular complexity index is 931. The van der Waals surface area contributed by atoms with Gasteiger partial charge in [-0.3, -0.25) is 9.79 Å². The maximum Gasteiger partial charge on any atom is 0.327 e. The fraction of sp³-hybridized carbons (Fsp3) is 0.500. The van der Waals surface area contributed by atoms with Crippen molar-refractivity contribution in [3.63, 3.8) is 0 Å². The normalized spacial score (nSPS) is 17.5. The highest BCUT2D eigenvalue weighted by molar-refractivity contribution is 5.85. The molecular formula is C20H26F2N6O2. The van der Waals surface area contributed by atoms with Gasteiger partial charge in [-0.2, -0.15) is 4.98 Å². The summed E-state index contributed by atoms with van der Waals surface area (Å²) in [4.78, 5) is 24.1. The minimum atomic E-state index is -2.53. The van der Waals surface area contributed by atoms with Crippen LogP contribution in [0.2, 0.25) is 0 Å². The van der Waals surface area contributed by atoms with E-state index >= 15 is 0 Å². The Morgan fingerprint density at radius 2 is 2.23 bits per heavy atom. The van der Waals surface area contributed by atoms with Crippen LogP contribution in [-0.2, 0) is 16.1 Å². The van der Waals surface area contributed by atoms with Crippen LogP contribution in [0.4, 0.5) is 14.7 Å². The highest BCUT2D eigenvalue weighted by Crippen LogP contribution is 2.37. The zero-order chi connectivity index (χ0) is 21.6. The third-order valence-corrected chi connectivity index (χ3v) is 4.99. The Morgan fingerprint density at radius 3 is 2.93 bits per heavy atom. The maximum atomic E-state index is 13.4. The number of ether oxygens (including phenoxy) is 1. The number of anilines is 1. The fourth-order valence-electron chi connectivity index (χ4n) is 3.41. The molecule has 2 heterocycles. The van der Waals surface area contributed by atoms with Crippen LogP contribution in [0.3, 0.4) is 0 Å². The van der Waals surface area contributed by atoms with Gasteiger partial charge in [-0.25, -0.2) is 13.8 Å². The Labute approximate surface area is 173 Å². The largest absolute Gasteiger partial charge is 0.465 e. The number of aromatic nitrogens is 3. The summed E-state index contributed by atoms with van der Waals surface area (Å²) < 4.78 is 33.6. The van der Waals surface area contributed by atoms with Gasteiger partial charge in [-0.1, -0.05) is 0 Å². The molecule has 0 amide bonds. The minimum Gasteiger partial charge on any atom is -0.465 e. The standard InChI is InChI=1S/C20H26F2N6O2/c1-2-30-17(29)12-24-11-16(9-23)26-19-25-10-15-5-8-28(18(15)27-19)13-14-3-6-20(21,22)7-4-14/h5,8-11,14H,2-4,6-7,12-13,23H2,1H3,(H,25,26,27)/b16-9+,24-11?. The van der Waals surface area contributed by atoms with Gasteiger partial charge in [0.25, 0.3) is 0 Å². The molecule has 0 radical (unpaired) electrons. The Kier molecular flexibility index (Phi) is 6.96. The third kappa shape index (κ3) is 5.74. The number of esters is 1. The number of nitrogens with two attached hydrogens (primary N) is 1. The fourth-order valence-corrected chi connectivity index (χ4v) is 3.41. The van der Waals surface area contributed by atoms with Crippen molar-refractivity contribution >= 4 is 29.2 Å². The number of rotatable bonds is 8. The molecule has 1 aliphatic carbocycles. The molecule has 0 unspecified atom stereocenters. The van der Waals surface area contributed by atoms with E-state index in [9.17, 15) is 13.6 Å². The second-order valence-electron chi connectivity index (χ2n) is 7.26. The van der Waals surface area contributed by atoms with Crippen LogP contribution in [0.15, 0.2) is 35.3 Å². The lowest BCUT2D eigenvalue weighted by Gasteiger charge is -2.28. The number of carbonyl (C=O) groups is 1. The molecule has 1 fully saturated rings. The van der Waals surface area contributed by atoms with Crippen molar-refractivity contribution in [1.82, 2.24) is 14.5 Å². The number of aliphatic imine (C=N–C) groups is 1. The lowest BCUT2D eigenvalue weighted by molar-refractivity contribution is -0.141. The molecular weight excluding hydrogens is 394 g/mol. The number of nitrogens with zero attached hydrogens (tertiary/aromatic N) is 4. The molecule has 1 saturated carbocycles. The van der Waals surface area contributed by atoms with Gasteiger partial charge in [0.2, 0.25) is 11.9 Å². The molecule has 10 heteroatoms. The Morgan fingerprint density at radius 1 is 1.47 bits per heavy atom. The summed E-state index contributed by atoms with van der Waals surface area (Å²) in [6.07, 6.45) is 7.16. The summed E-state index contributed by atoms with van der Waals surface area (Å²) in [5.41, 5.74) is 6.75. The van der Waals surface area contributed by atoms with Crippen molar-refractivity contribution in [2.24, 2.45) is 16.6 Å². The van der Waals surface area contributed by atoms with Gasteiger partial charge in [0.15, 0.2) is 0 Å². The van der Waals surface area contributed by atoms with Crippen molar-refractivity contribution in [3.8, 4) is 0 Å². The summed E-state index contributed by atoms with van der Waals surface area (Å²) in [5.74, 6) is -2.45. The molecule has 162 valence electrons. The number of nitrogens with one attached hydrogen (secondary N) is 1. The molecule has 3 N–H and O–H groups in total. The van der Waals surface area contributed by atoms with Crippen molar-refractivity contribution < 1.29 is 18.3 Å². The first kappa shape index (κ1) is 21.7. The summed E-state index contributed by atoms with van der Waals surface area (Å²) in [5, 5.41) is 3.82. The van der Waals surface area contributed by atoms with Crippen LogP contribution in [-0.4, -0.2) is 45.8 Å². The first-order valence-corrected chi connectivity index (χ1v) is 9.94. The number of fused-ring (bicyclic) bond motifs is 1. The molecule has 0 bridgehead atoms. The number of allylic oxidation sites excluding steroid dienone is 1. The summed E-state index contributed by atoms with van der Waals surface area (Å²) in [6.45, 7) is 2.54. The van der Waals surface area contributed by atoms with Gasteiger partial charge in [0, 0.05) is 49.6 Å². The average molecular weight is 420 g/mol. The number of hydrogen-bond donors (Lipinski definition) is 2. The van der Waals surface area contributed by atoms with Gasteiger partial charge in [-0.05, 0) is 31.7 Å². The molecule has 0 atom stereocenters. The lowest BCUT2D eigenvalue weighted by Crippen LogP contribution is -2.26. The predicted octanol–water partition coefficient (Wildman–Crippen LogP) is 3.10. The molecule has 2 aromatic rings. The molecule has 1 aliphatic rings. The Balaban J connectivity index is 1.66. The van der Waals surface area contributed by atoms with Gasteiger partial charge in [0.05, 0.1) is 12.3 Å². The van der Waals surface area contributed by atoms with Gasteiger partial charge >= 0.3 is 5.97 Å². The van der Waals surface area contributed by atoms with Gasteiger partial charge in [0.1, 0.15) is 12.2 Å². The van der Waals surface area contributed by atoms with E-state index in [4.69, 9.17) is 10.5 Å². The highest BCUT2D eigenvalue weighted by atomic mass is 19.3. The van der Waals surface area contributed by atoms with Gasteiger partial charge in [-0.15, -0.1) is 0 Å². The van der Waals surface area contributed by atoms with E-state index in [-0.39, 0.29) is 25.3 Å². The minimum absolute atomic E-state index is 0.0611. The molecule has 30 heavy (non-hydrogen) atoms. The topological polar surface area (TPSA) is 107 Å². The van der Waals surface area contributed by atoms with Crippen molar-refractivity contribution in [1.29, 1.82) is 0 Å². The average Bonchev–Trinajstić information content (AvgIpc) is 3.11. The van der Waals surface area contributed by atoms with E-state index in [0.29, 0.717) is 43.3 Å². The molecule has 0 aliphatic heterocycles. The molecule has 0 saturated heterocycles. The quantitative estimate of drug-likeness (QED) is 0.502. The number of halogens is 2. The van der Waals surface area contributed by atoms with Crippen LogP contribution >= 0.6 is 0 Å². The summed E-state index contributed by atoms with van der Waals surface area (Å²) >= 11 is 0. The van der Waals surface area contributed by atoms with Crippen molar-refractivity contribution in [3.05, 3.63) is 30.4 Å². The third-order valence-electron chi connectivity index (χ3n) is 4.99. The predicted molar refractivity (Wildman–Crippen MR) is 110 cm³/mol. The van der Waals surface area contributed by atoms with E-state index < -0.39 is 11.9 Å². The molecule has 0 aromatic carbocycles. The molecule has 2 aromatic heterocycles. The van der Waals surface area contributed by atoms with E-state index in [1.807, 2.05) is 16.8 Å². The number of carbonyl (C=O) groups excluding carboxylic acids is 1. The highest BCUT2D eigenvalue weighted by Gasteiger charge is 2.34. The van der Waals surface area contributed by atoms with Crippen LogP contribution in [0, 0.1) is 5.92 Å². The summed E-state index contributed by atoms with van der Waals surface area (Å²) in [6, 6.07) is 1.90. The van der Waals surface area contributed by atoms with E-state index in [1.165, 1.54) is 12.4 Å². The van der Waals surface area contributed by atoms with E-state index in [1.54, 1.807) is 13.1 Å². The van der Waals surface area contributed by atoms with Crippen LogP contribution < -0.4 is 11.1 Å². The van der Waals surface area contributed by atoms with Gasteiger partial charge < -0.3 is 20.4 Å². The van der Waals surface area contributed by atoms with Crippen molar-refractivity contribution in [2.75, 3.05) is 18.5 Å². The monoisotopic (exact) mass is 420 g/mol. The first-order chi connectivity index (χ1) is 14.4. The van der Waals surface area contributed by atoms with E-state index in [2.05, 4.69) is 20.3 Å². The second kappa shape index (κ2) is 9.64. The molecule has 0 spiro atoms. The van der Waals surface area contributed by atoms with E-state index in [0.717, 1.165) is 5.39 Å². The van der Waals surface area contributed by atoms with Crippen LogP contribution in [0.5, 0.6) is 0 Å². The maximum absolute atomic E-state index is 13.4. The smallest absolute Gasteiger partial charge is 0.327 e. The molecule has 8 nitrogen and oxygen atoms in total. The SMILES string of the molecule is CCOC(=O)CN=C/C(=C\N)Nc1ncc2ccn(CC3CCC(F)(F)CC3)c2n1. The first-order valence-electron chi connectivity index (χ1n) is 9.94. The van der Waals surface area contributed by atoms with Crippen molar-refractivity contribution in [2.45, 2.75) is 45.1 Å².